The molecule has 192 valence electrons. The van der Waals surface area contributed by atoms with E-state index in [1.54, 1.807) is 48.5 Å². The van der Waals surface area contributed by atoms with Gasteiger partial charge in [0.05, 0.1) is 12.0 Å². The van der Waals surface area contributed by atoms with Gasteiger partial charge in [0.2, 0.25) is 5.91 Å². The fourth-order valence-electron chi connectivity index (χ4n) is 5.56. The molecule has 4 unspecified atom stereocenters. The zero-order chi connectivity index (χ0) is 27.0. The summed E-state index contributed by atoms with van der Waals surface area (Å²) in [7, 11) is 0. The Hall–Kier alpha value is -4.10. The quantitative estimate of drug-likeness (QED) is 0.321. The molecule has 1 aromatic heterocycles. The van der Waals surface area contributed by atoms with Crippen LogP contribution in [0.25, 0.3) is 0 Å². The number of rotatable bonds is 6. The largest absolute Gasteiger partial charge is 0.368 e. The van der Waals surface area contributed by atoms with Crippen LogP contribution in [0.5, 0.6) is 0 Å². The topological polar surface area (TPSA) is 80.5 Å². The van der Waals surface area contributed by atoms with Gasteiger partial charge < -0.3 is 10.6 Å². The number of amides is 2. The average Bonchev–Trinajstić information content (AvgIpc) is 3.49. The van der Waals surface area contributed by atoms with E-state index < -0.39 is 35.6 Å². The molecule has 2 amide bonds. The van der Waals surface area contributed by atoms with Gasteiger partial charge in [-0.1, -0.05) is 54.1 Å². The fraction of sp³-hybridized carbons (Fsp3) is 0.194. The summed E-state index contributed by atoms with van der Waals surface area (Å²) < 4.78 is 14.0. The van der Waals surface area contributed by atoms with Crippen LogP contribution in [0.15, 0.2) is 90.3 Å². The van der Waals surface area contributed by atoms with Gasteiger partial charge in [0, 0.05) is 21.9 Å². The molecule has 7 heteroatoms. The van der Waals surface area contributed by atoms with E-state index in [4.69, 9.17) is 5.73 Å². The number of likely N-dealkylation sites (tertiary alicyclic amines) is 1. The lowest BCUT2D eigenvalue weighted by molar-refractivity contribution is -0.122. The summed E-state index contributed by atoms with van der Waals surface area (Å²) in [6, 6.07) is 21.7. The minimum absolute atomic E-state index is 0.199. The van der Waals surface area contributed by atoms with Crippen molar-refractivity contribution in [3.63, 3.8) is 0 Å². The molecule has 5 rings (SSSR count). The lowest BCUT2D eigenvalue weighted by atomic mass is 9.76. The molecule has 3 aromatic carbocycles. The molecule has 4 atom stereocenters. The first kappa shape index (κ1) is 25.5. The number of benzene rings is 3. The summed E-state index contributed by atoms with van der Waals surface area (Å²) in [6.07, 6.45) is 0. The molecular weight excluding hydrogens is 499 g/mol. The van der Waals surface area contributed by atoms with Crippen LogP contribution in [0.4, 0.5) is 4.39 Å². The Morgan fingerprint density at radius 3 is 2.16 bits per heavy atom. The predicted octanol–water partition coefficient (Wildman–Crippen LogP) is 5.84. The normalized spacial score (nSPS) is 20.9. The molecule has 0 radical (unpaired) electrons. The molecular formula is C31H27FN2O3S. The number of carbonyl (C=O) groups is 3. The van der Waals surface area contributed by atoms with Crippen LogP contribution >= 0.6 is 11.3 Å². The van der Waals surface area contributed by atoms with E-state index in [0.29, 0.717) is 16.7 Å². The highest BCUT2D eigenvalue weighted by atomic mass is 32.1. The number of nitrogens with two attached hydrogens (primary N) is 1. The smallest absolute Gasteiger partial charge is 0.255 e. The van der Waals surface area contributed by atoms with Crippen molar-refractivity contribution in [1.29, 1.82) is 0 Å². The van der Waals surface area contributed by atoms with Gasteiger partial charge >= 0.3 is 0 Å². The zero-order valence-corrected chi connectivity index (χ0v) is 21.8. The molecule has 2 heterocycles. The maximum absolute atomic E-state index is 14.4. The number of thiophene rings is 1. The van der Waals surface area contributed by atoms with Crippen molar-refractivity contribution < 1.29 is 18.8 Å². The van der Waals surface area contributed by atoms with Crippen LogP contribution < -0.4 is 5.73 Å². The van der Waals surface area contributed by atoms with E-state index in [9.17, 15) is 18.8 Å². The predicted molar refractivity (Wildman–Crippen MR) is 146 cm³/mol. The van der Waals surface area contributed by atoms with Crippen molar-refractivity contribution in [3.8, 4) is 0 Å². The molecule has 1 aliphatic heterocycles. The van der Waals surface area contributed by atoms with Crippen LogP contribution in [-0.4, -0.2) is 28.5 Å². The van der Waals surface area contributed by atoms with Crippen molar-refractivity contribution in [2.75, 3.05) is 0 Å². The van der Waals surface area contributed by atoms with E-state index in [1.165, 1.54) is 28.4 Å². The summed E-state index contributed by atoms with van der Waals surface area (Å²) in [5, 5.41) is 1.91. The lowest BCUT2D eigenvalue weighted by Crippen LogP contribution is -2.46. The van der Waals surface area contributed by atoms with Crippen molar-refractivity contribution in [2.24, 2.45) is 11.7 Å². The summed E-state index contributed by atoms with van der Waals surface area (Å²) in [6.45, 7) is 3.83. The third kappa shape index (κ3) is 4.54. The Morgan fingerprint density at radius 1 is 0.868 bits per heavy atom. The molecule has 5 nitrogen and oxygen atoms in total. The van der Waals surface area contributed by atoms with Crippen molar-refractivity contribution in [2.45, 2.75) is 31.8 Å². The first-order valence-corrected chi connectivity index (χ1v) is 13.2. The van der Waals surface area contributed by atoms with Crippen LogP contribution in [0.2, 0.25) is 0 Å². The Balaban J connectivity index is 1.78. The lowest BCUT2D eigenvalue weighted by Gasteiger charge is -2.30. The van der Waals surface area contributed by atoms with Crippen molar-refractivity contribution in [1.82, 2.24) is 4.90 Å². The average molecular weight is 527 g/mol. The number of Topliss-reactive ketones (excluding diaryl/α,β-unsaturated/α-hetero) is 1. The minimum Gasteiger partial charge on any atom is -0.368 e. The molecule has 0 spiro atoms. The van der Waals surface area contributed by atoms with Gasteiger partial charge in [-0.2, -0.15) is 0 Å². The van der Waals surface area contributed by atoms with E-state index >= 15 is 0 Å². The number of hydrogen-bond donors (Lipinski definition) is 1. The molecule has 0 aliphatic carbocycles. The van der Waals surface area contributed by atoms with E-state index in [2.05, 4.69) is 0 Å². The van der Waals surface area contributed by atoms with Crippen LogP contribution in [0.3, 0.4) is 0 Å². The first-order valence-electron chi connectivity index (χ1n) is 12.3. The summed E-state index contributed by atoms with van der Waals surface area (Å²) >= 11 is 1.44. The second-order valence-electron chi connectivity index (χ2n) is 9.68. The number of aryl methyl sites for hydroxylation is 2. The van der Waals surface area contributed by atoms with Crippen LogP contribution in [0.1, 0.15) is 54.2 Å². The first-order chi connectivity index (χ1) is 18.3. The van der Waals surface area contributed by atoms with Crippen molar-refractivity contribution in [3.05, 3.63) is 129 Å². The van der Waals surface area contributed by atoms with Crippen LogP contribution in [-0.2, 0) is 4.79 Å². The highest BCUT2D eigenvalue weighted by Gasteiger charge is 2.57. The van der Waals surface area contributed by atoms with Gasteiger partial charge in [0.1, 0.15) is 11.9 Å². The summed E-state index contributed by atoms with van der Waals surface area (Å²) in [4.78, 5) is 44.0. The monoisotopic (exact) mass is 526 g/mol. The molecule has 1 saturated heterocycles. The van der Waals surface area contributed by atoms with Gasteiger partial charge in [0.25, 0.3) is 5.91 Å². The summed E-state index contributed by atoms with van der Waals surface area (Å²) in [5.41, 5.74) is 9.30. The number of hydrogen-bond acceptors (Lipinski definition) is 4. The minimum atomic E-state index is -1.13. The fourth-order valence-corrected chi connectivity index (χ4v) is 6.63. The Morgan fingerprint density at radius 2 is 1.55 bits per heavy atom. The Bertz CT molecular complexity index is 1500. The highest BCUT2D eigenvalue weighted by Crippen LogP contribution is 2.53. The van der Waals surface area contributed by atoms with Gasteiger partial charge in [-0.3, -0.25) is 14.4 Å². The van der Waals surface area contributed by atoms with Crippen LogP contribution in [0, 0.1) is 25.6 Å². The van der Waals surface area contributed by atoms with Gasteiger partial charge in [-0.15, -0.1) is 11.3 Å². The number of carbonyl (C=O) groups excluding carboxylic acids is 3. The maximum Gasteiger partial charge on any atom is 0.255 e. The molecule has 2 N–H and O–H groups in total. The van der Waals surface area contributed by atoms with E-state index in [-0.39, 0.29) is 11.7 Å². The SMILES string of the molecule is Cc1cccc(C(=O)C2C(c3ccc(F)cc3)C(C(N)=O)N(C(=O)c3ccccc3)C2c2sccc2C)c1. The molecule has 38 heavy (non-hydrogen) atoms. The second-order valence-corrected chi connectivity index (χ2v) is 10.6. The Kier molecular flexibility index (Phi) is 6.95. The Labute approximate surface area is 224 Å². The maximum atomic E-state index is 14.4. The number of ketones is 1. The third-order valence-corrected chi connectivity index (χ3v) is 8.33. The molecule has 4 aromatic rings. The van der Waals surface area contributed by atoms with E-state index in [1.807, 2.05) is 43.5 Å². The number of primary amides is 1. The zero-order valence-electron chi connectivity index (χ0n) is 21.0. The molecule has 1 fully saturated rings. The van der Waals surface area contributed by atoms with Gasteiger partial charge in [-0.25, -0.2) is 4.39 Å². The van der Waals surface area contributed by atoms with Gasteiger partial charge in [0.15, 0.2) is 5.78 Å². The molecule has 0 bridgehead atoms. The number of nitrogens with zero attached hydrogens (tertiary/aromatic N) is 1. The van der Waals surface area contributed by atoms with Gasteiger partial charge in [-0.05, 0) is 66.8 Å². The summed E-state index contributed by atoms with van der Waals surface area (Å²) in [5.74, 6) is -3.35. The molecule has 1 aliphatic rings. The third-order valence-electron chi connectivity index (χ3n) is 7.24. The number of halogens is 1. The van der Waals surface area contributed by atoms with Crippen molar-refractivity contribution >= 4 is 28.9 Å². The second kappa shape index (κ2) is 10.3. The van der Waals surface area contributed by atoms with E-state index in [0.717, 1.165) is 16.0 Å². The standard InChI is InChI=1S/C31H27FN2O3S/c1-18-7-6-10-22(17-18)28(35)25-24(20-11-13-23(32)14-12-20)27(30(33)36)34(26(25)29-19(2)15-16-38-29)31(37)21-8-4-3-5-9-21/h3-17,24-27H,1-2H3,(H2,33,36). The highest BCUT2D eigenvalue weighted by molar-refractivity contribution is 7.10. The molecule has 0 saturated carbocycles.